The van der Waals surface area contributed by atoms with Crippen molar-refractivity contribution in [2.75, 3.05) is 19.6 Å². The molecule has 1 fully saturated rings. The molecule has 1 aliphatic rings. The Hall–Kier alpha value is -2.91. The molecule has 1 heterocycles. The van der Waals surface area contributed by atoms with Gasteiger partial charge in [0.15, 0.2) is 0 Å². The second kappa shape index (κ2) is 13.8. The summed E-state index contributed by atoms with van der Waals surface area (Å²) in [5, 5.41) is 3.38. The van der Waals surface area contributed by atoms with Crippen molar-refractivity contribution in [2.24, 2.45) is 0 Å². The molecule has 2 aromatic carbocycles. The van der Waals surface area contributed by atoms with Crippen LogP contribution in [0.25, 0.3) is 5.57 Å². The largest absolute Gasteiger partial charge is 0.384 e. The van der Waals surface area contributed by atoms with E-state index < -0.39 is 0 Å². The topological polar surface area (TPSA) is 15.3 Å². The molecule has 0 amide bonds. The molecule has 0 radical (unpaired) electrons. The summed E-state index contributed by atoms with van der Waals surface area (Å²) in [6, 6.07) is 14.1. The third-order valence-electron chi connectivity index (χ3n) is 6.61. The number of likely N-dealkylation sites (tertiary alicyclic amines) is 1. The molecule has 0 aliphatic carbocycles. The Kier molecular flexibility index (Phi) is 10.6. The van der Waals surface area contributed by atoms with Gasteiger partial charge < -0.3 is 10.2 Å². The summed E-state index contributed by atoms with van der Waals surface area (Å²) in [6.45, 7) is 16.6. The fraction of sp³-hybridized carbons (Fsp3) is 0.375. The molecule has 0 atom stereocenters. The summed E-state index contributed by atoms with van der Waals surface area (Å²) >= 11 is 0. The molecule has 0 aromatic heterocycles. The summed E-state index contributed by atoms with van der Waals surface area (Å²) in [6.07, 6.45) is 12.5. The van der Waals surface area contributed by atoms with Crippen molar-refractivity contribution in [3.63, 3.8) is 0 Å². The molecule has 1 N–H and O–H groups in total. The highest BCUT2D eigenvalue weighted by atomic mass is 19.1. The lowest BCUT2D eigenvalue weighted by molar-refractivity contribution is 0.226. The smallest absolute Gasteiger partial charge is 0.131 e. The van der Waals surface area contributed by atoms with Gasteiger partial charge in [0.05, 0.1) is 0 Å². The predicted molar refractivity (Wildman–Crippen MR) is 149 cm³/mol. The highest BCUT2D eigenvalue weighted by molar-refractivity contribution is 5.74. The SMILES string of the molecule is C=C(/C=C\C(=C/C)c1ccc(CCCN2CCCCC2)cc1F)CC(=C)NCc1cccc(C)c1. The number of benzene rings is 2. The van der Waals surface area contributed by atoms with Crippen LogP contribution in [0.15, 0.2) is 85.1 Å². The molecule has 0 spiro atoms. The number of hydrogen-bond acceptors (Lipinski definition) is 2. The first kappa shape index (κ1) is 26.7. The fourth-order valence-electron chi connectivity index (χ4n) is 4.63. The van der Waals surface area contributed by atoms with Crippen molar-refractivity contribution in [3.8, 4) is 0 Å². The summed E-state index contributed by atoms with van der Waals surface area (Å²) in [7, 11) is 0. The standard InChI is InChI=1S/C32H41FN2/c1-5-30(16-14-26(3)21-27(4)34-24-29-12-9-11-25(2)22-29)31-17-15-28(23-32(31)33)13-10-20-35-18-7-6-8-19-35/h5,9,11-12,14-17,22-23,34H,3-4,6-8,10,13,18-21,24H2,1-2H3/b16-14-,30-5+. The zero-order chi connectivity index (χ0) is 25.0. The van der Waals surface area contributed by atoms with E-state index in [1.807, 2.05) is 31.2 Å². The van der Waals surface area contributed by atoms with Crippen molar-refractivity contribution in [3.05, 3.63) is 113 Å². The Morgan fingerprint density at radius 1 is 1.03 bits per heavy atom. The first-order valence-electron chi connectivity index (χ1n) is 12.9. The maximum absolute atomic E-state index is 15.0. The molecule has 0 unspecified atom stereocenters. The molecule has 1 saturated heterocycles. The zero-order valence-electron chi connectivity index (χ0n) is 21.6. The second-order valence-corrected chi connectivity index (χ2v) is 9.68. The average Bonchev–Trinajstić information content (AvgIpc) is 2.85. The van der Waals surface area contributed by atoms with Crippen LogP contribution in [-0.4, -0.2) is 24.5 Å². The van der Waals surface area contributed by atoms with Gasteiger partial charge >= 0.3 is 0 Å². The van der Waals surface area contributed by atoms with Gasteiger partial charge in [-0.2, -0.15) is 0 Å². The summed E-state index contributed by atoms with van der Waals surface area (Å²) in [4.78, 5) is 2.54. The van der Waals surface area contributed by atoms with Crippen LogP contribution in [0.5, 0.6) is 0 Å². The minimum absolute atomic E-state index is 0.159. The van der Waals surface area contributed by atoms with E-state index in [0.717, 1.165) is 48.3 Å². The van der Waals surface area contributed by atoms with Gasteiger partial charge in [0.25, 0.3) is 0 Å². The lowest BCUT2D eigenvalue weighted by Gasteiger charge is -2.26. The summed E-state index contributed by atoms with van der Waals surface area (Å²) in [5.74, 6) is -0.159. The second-order valence-electron chi connectivity index (χ2n) is 9.68. The van der Waals surface area contributed by atoms with Crippen molar-refractivity contribution in [1.82, 2.24) is 10.2 Å². The number of nitrogens with zero attached hydrogens (tertiary/aromatic N) is 1. The molecule has 186 valence electrons. The van der Waals surface area contributed by atoms with Gasteiger partial charge in [-0.15, -0.1) is 0 Å². The maximum Gasteiger partial charge on any atom is 0.131 e. The third-order valence-corrected chi connectivity index (χ3v) is 6.61. The number of rotatable bonds is 12. The fourth-order valence-corrected chi connectivity index (χ4v) is 4.63. The van der Waals surface area contributed by atoms with Crippen LogP contribution in [0, 0.1) is 12.7 Å². The van der Waals surface area contributed by atoms with Crippen molar-refractivity contribution in [1.29, 1.82) is 0 Å². The minimum Gasteiger partial charge on any atom is -0.384 e. The van der Waals surface area contributed by atoms with Crippen LogP contribution >= 0.6 is 0 Å². The molecule has 0 bridgehead atoms. The van der Waals surface area contributed by atoms with Crippen molar-refractivity contribution >= 4 is 5.57 Å². The highest BCUT2D eigenvalue weighted by Crippen LogP contribution is 2.23. The number of piperidine rings is 1. The first-order chi connectivity index (χ1) is 16.9. The quantitative estimate of drug-likeness (QED) is 0.318. The number of hydrogen-bond donors (Lipinski definition) is 1. The third kappa shape index (κ3) is 8.99. The molecular weight excluding hydrogens is 431 g/mol. The van der Waals surface area contributed by atoms with Crippen LogP contribution in [0.4, 0.5) is 4.39 Å². The van der Waals surface area contributed by atoms with E-state index in [2.05, 4.69) is 60.6 Å². The summed E-state index contributed by atoms with van der Waals surface area (Å²) < 4.78 is 15.0. The van der Waals surface area contributed by atoms with Gasteiger partial charge in [0, 0.05) is 24.2 Å². The van der Waals surface area contributed by atoms with Gasteiger partial charge in [0.1, 0.15) is 5.82 Å². The lowest BCUT2D eigenvalue weighted by Crippen LogP contribution is -2.30. The van der Waals surface area contributed by atoms with Crippen LogP contribution in [-0.2, 0) is 13.0 Å². The minimum atomic E-state index is -0.159. The van der Waals surface area contributed by atoms with Gasteiger partial charge in [0.2, 0.25) is 0 Å². The van der Waals surface area contributed by atoms with Crippen molar-refractivity contribution in [2.45, 2.75) is 58.9 Å². The Morgan fingerprint density at radius 3 is 2.54 bits per heavy atom. The molecule has 2 aromatic rings. The lowest BCUT2D eigenvalue weighted by atomic mass is 9.99. The number of nitrogens with one attached hydrogen (secondary N) is 1. The molecule has 1 aliphatic heterocycles. The van der Waals surface area contributed by atoms with E-state index in [0.29, 0.717) is 12.0 Å². The average molecular weight is 473 g/mol. The Bertz CT molecular complexity index is 1060. The predicted octanol–water partition coefficient (Wildman–Crippen LogP) is 7.76. The van der Waals surface area contributed by atoms with Gasteiger partial charge in [-0.1, -0.05) is 79.8 Å². The molecule has 35 heavy (non-hydrogen) atoms. The van der Waals surface area contributed by atoms with Crippen molar-refractivity contribution < 1.29 is 4.39 Å². The van der Waals surface area contributed by atoms with E-state index in [9.17, 15) is 4.39 Å². The molecule has 2 nitrogen and oxygen atoms in total. The Morgan fingerprint density at radius 2 is 1.83 bits per heavy atom. The monoisotopic (exact) mass is 472 g/mol. The van der Waals surface area contributed by atoms with Crippen LogP contribution < -0.4 is 5.32 Å². The number of halogens is 1. The van der Waals surface area contributed by atoms with Crippen LogP contribution in [0.3, 0.4) is 0 Å². The first-order valence-corrected chi connectivity index (χ1v) is 12.9. The Labute approximate surface area is 211 Å². The van der Waals surface area contributed by atoms with Crippen LogP contribution in [0.2, 0.25) is 0 Å². The van der Waals surface area contributed by atoms with Gasteiger partial charge in [-0.05, 0) is 87.5 Å². The number of aryl methyl sites for hydroxylation is 2. The highest BCUT2D eigenvalue weighted by Gasteiger charge is 2.10. The van der Waals surface area contributed by atoms with E-state index >= 15 is 0 Å². The summed E-state index contributed by atoms with van der Waals surface area (Å²) in [5.41, 5.74) is 6.90. The van der Waals surface area contributed by atoms with Crippen LogP contribution in [0.1, 0.15) is 61.3 Å². The van der Waals surface area contributed by atoms with E-state index in [1.165, 1.54) is 43.5 Å². The van der Waals surface area contributed by atoms with E-state index in [1.54, 1.807) is 6.07 Å². The van der Waals surface area contributed by atoms with Gasteiger partial charge in [-0.25, -0.2) is 4.39 Å². The Balaban J connectivity index is 1.48. The van der Waals surface area contributed by atoms with E-state index in [4.69, 9.17) is 0 Å². The van der Waals surface area contributed by atoms with Gasteiger partial charge in [-0.3, -0.25) is 0 Å². The normalized spacial score (nSPS) is 14.9. The number of allylic oxidation sites excluding steroid dienone is 5. The maximum atomic E-state index is 15.0. The molecule has 0 saturated carbocycles. The molecule has 3 heteroatoms. The molecular formula is C32H41FN2. The zero-order valence-corrected chi connectivity index (χ0v) is 21.6. The van der Waals surface area contributed by atoms with E-state index in [-0.39, 0.29) is 5.82 Å². The molecule has 3 rings (SSSR count).